The SMILES string of the molecule is O=C(c1ccccc1-c1ccccc1)N1CCC(C(F)(F)F)(C(F)(F)F)C1. The fourth-order valence-electron chi connectivity index (χ4n) is 3.32. The van der Waals surface area contributed by atoms with Crippen LogP contribution in [0.2, 0.25) is 0 Å². The lowest BCUT2D eigenvalue weighted by atomic mass is 9.85. The fourth-order valence-corrected chi connectivity index (χ4v) is 3.32. The lowest BCUT2D eigenvalue weighted by Gasteiger charge is -2.33. The zero-order chi connectivity index (χ0) is 19.9. The van der Waals surface area contributed by atoms with Crippen LogP contribution in [-0.2, 0) is 0 Å². The number of benzene rings is 2. The summed E-state index contributed by atoms with van der Waals surface area (Å²) in [7, 11) is 0. The monoisotopic (exact) mass is 387 g/mol. The van der Waals surface area contributed by atoms with Crippen molar-refractivity contribution in [3.63, 3.8) is 0 Å². The molecule has 144 valence electrons. The number of nitrogens with zero attached hydrogens (tertiary/aromatic N) is 1. The second kappa shape index (κ2) is 6.58. The smallest absolute Gasteiger partial charge is 0.337 e. The molecule has 0 aromatic heterocycles. The number of rotatable bonds is 2. The third kappa shape index (κ3) is 3.28. The van der Waals surface area contributed by atoms with Crippen LogP contribution in [0.1, 0.15) is 16.8 Å². The highest BCUT2D eigenvalue weighted by molar-refractivity contribution is 6.01. The van der Waals surface area contributed by atoms with Gasteiger partial charge in [0.2, 0.25) is 0 Å². The van der Waals surface area contributed by atoms with E-state index in [9.17, 15) is 31.1 Å². The maximum absolute atomic E-state index is 13.2. The highest BCUT2D eigenvalue weighted by atomic mass is 19.4. The van der Waals surface area contributed by atoms with E-state index >= 15 is 0 Å². The Balaban J connectivity index is 1.95. The maximum Gasteiger partial charge on any atom is 0.404 e. The molecular weight excluding hydrogens is 372 g/mol. The number of carbonyl (C=O) groups excluding carboxylic acids is 1. The second-order valence-electron chi connectivity index (χ2n) is 6.47. The highest BCUT2D eigenvalue weighted by Gasteiger charge is 2.72. The van der Waals surface area contributed by atoms with Crippen molar-refractivity contribution >= 4 is 5.91 Å². The van der Waals surface area contributed by atoms with Crippen LogP contribution in [0.15, 0.2) is 54.6 Å². The number of amides is 1. The summed E-state index contributed by atoms with van der Waals surface area (Å²) in [6.07, 6.45) is -12.2. The Hall–Kier alpha value is -2.51. The van der Waals surface area contributed by atoms with Gasteiger partial charge in [0, 0.05) is 18.7 Å². The Bertz CT molecular complexity index is 814. The quantitative estimate of drug-likeness (QED) is 0.640. The summed E-state index contributed by atoms with van der Waals surface area (Å²) in [6, 6.07) is 14.8. The van der Waals surface area contributed by atoms with E-state index in [1.807, 2.05) is 0 Å². The average Bonchev–Trinajstić information content (AvgIpc) is 3.09. The summed E-state index contributed by atoms with van der Waals surface area (Å²) in [5, 5.41) is 0. The van der Waals surface area contributed by atoms with Gasteiger partial charge in [0.15, 0.2) is 5.41 Å². The third-order valence-electron chi connectivity index (χ3n) is 4.88. The molecule has 0 spiro atoms. The van der Waals surface area contributed by atoms with E-state index in [0.29, 0.717) is 16.0 Å². The fraction of sp³-hybridized carbons (Fsp3) is 0.316. The van der Waals surface area contributed by atoms with E-state index in [0.717, 1.165) is 0 Å². The van der Waals surface area contributed by atoms with Crippen LogP contribution in [0.3, 0.4) is 0 Å². The summed E-state index contributed by atoms with van der Waals surface area (Å²) in [5.41, 5.74) is -2.71. The van der Waals surface area contributed by atoms with E-state index in [-0.39, 0.29) is 5.56 Å². The molecule has 1 saturated heterocycles. The first kappa shape index (κ1) is 19.3. The lowest BCUT2D eigenvalue weighted by molar-refractivity contribution is -0.334. The summed E-state index contributed by atoms with van der Waals surface area (Å²) < 4.78 is 79.4. The number of hydrogen-bond donors (Lipinski definition) is 0. The first-order chi connectivity index (χ1) is 12.6. The van der Waals surface area contributed by atoms with Crippen molar-refractivity contribution in [3.8, 4) is 11.1 Å². The van der Waals surface area contributed by atoms with Crippen LogP contribution in [0.25, 0.3) is 11.1 Å². The van der Waals surface area contributed by atoms with Crippen molar-refractivity contribution < 1.29 is 31.1 Å². The van der Waals surface area contributed by atoms with E-state index in [1.54, 1.807) is 42.5 Å². The van der Waals surface area contributed by atoms with E-state index in [1.165, 1.54) is 12.1 Å². The number of hydrogen-bond acceptors (Lipinski definition) is 1. The van der Waals surface area contributed by atoms with Gasteiger partial charge in [-0.1, -0.05) is 48.5 Å². The molecule has 0 saturated carbocycles. The lowest BCUT2D eigenvalue weighted by Crippen LogP contribution is -2.52. The molecule has 1 amide bonds. The van der Waals surface area contributed by atoms with E-state index in [2.05, 4.69) is 0 Å². The number of alkyl halides is 6. The van der Waals surface area contributed by atoms with Crippen molar-refractivity contribution in [1.82, 2.24) is 4.90 Å². The van der Waals surface area contributed by atoms with Gasteiger partial charge in [-0.15, -0.1) is 0 Å². The highest BCUT2D eigenvalue weighted by Crippen LogP contribution is 2.55. The summed E-state index contributed by atoms with van der Waals surface area (Å²) in [5.74, 6) is -0.843. The van der Waals surface area contributed by atoms with Crippen LogP contribution in [0.4, 0.5) is 26.3 Å². The van der Waals surface area contributed by atoms with Crippen molar-refractivity contribution in [2.45, 2.75) is 18.8 Å². The normalized spacial score (nSPS) is 17.2. The van der Waals surface area contributed by atoms with Gasteiger partial charge in [0.1, 0.15) is 0 Å². The third-order valence-corrected chi connectivity index (χ3v) is 4.88. The Labute approximate surface area is 151 Å². The largest absolute Gasteiger partial charge is 0.404 e. The molecular formula is C19H15F6NO. The molecule has 1 aliphatic heterocycles. The van der Waals surface area contributed by atoms with E-state index < -0.39 is 43.2 Å². The predicted octanol–water partition coefficient (Wildman–Crippen LogP) is 5.31. The van der Waals surface area contributed by atoms with Crippen LogP contribution in [0.5, 0.6) is 0 Å². The molecule has 0 aliphatic carbocycles. The average molecular weight is 387 g/mol. The Morgan fingerprint density at radius 1 is 0.852 bits per heavy atom. The van der Waals surface area contributed by atoms with Crippen LogP contribution >= 0.6 is 0 Å². The maximum atomic E-state index is 13.2. The van der Waals surface area contributed by atoms with Gasteiger partial charge >= 0.3 is 12.4 Å². The van der Waals surface area contributed by atoms with Gasteiger partial charge in [0.25, 0.3) is 5.91 Å². The minimum absolute atomic E-state index is 0.0730. The van der Waals surface area contributed by atoms with Crippen LogP contribution < -0.4 is 0 Å². The zero-order valence-electron chi connectivity index (χ0n) is 13.9. The molecule has 0 radical (unpaired) electrons. The summed E-state index contributed by atoms with van der Waals surface area (Å²) in [6.45, 7) is -2.04. The summed E-state index contributed by atoms with van der Waals surface area (Å²) in [4.78, 5) is 13.4. The molecule has 0 bridgehead atoms. The molecule has 2 nitrogen and oxygen atoms in total. The molecule has 8 heteroatoms. The first-order valence-electron chi connectivity index (χ1n) is 8.14. The molecule has 1 aliphatic rings. The van der Waals surface area contributed by atoms with Crippen LogP contribution in [-0.4, -0.2) is 36.2 Å². The molecule has 3 rings (SSSR count). The van der Waals surface area contributed by atoms with E-state index in [4.69, 9.17) is 0 Å². The van der Waals surface area contributed by atoms with Gasteiger partial charge < -0.3 is 4.90 Å². The molecule has 0 unspecified atom stereocenters. The predicted molar refractivity (Wildman–Crippen MR) is 86.9 cm³/mol. The Morgan fingerprint density at radius 3 is 1.96 bits per heavy atom. The van der Waals surface area contributed by atoms with Crippen molar-refractivity contribution in [1.29, 1.82) is 0 Å². The van der Waals surface area contributed by atoms with Crippen LogP contribution in [0, 0.1) is 5.41 Å². The molecule has 2 aromatic rings. The molecule has 1 fully saturated rings. The second-order valence-corrected chi connectivity index (χ2v) is 6.47. The molecule has 27 heavy (non-hydrogen) atoms. The molecule has 0 atom stereocenters. The van der Waals surface area contributed by atoms with Gasteiger partial charge in [-0.3, -0.25) is 4.79 Å². The van der Waals surface area contributed by atoms with Gasteiger partial charge in [0.05, 0.1) is 0 Å². The molecule has 2 aromatic carbocycles. The van der Waals surface area contributed by atoms with Gasteiger partial charge in [-0.05, 0) is 23.6 Å². The topological polar surface area (TPSA) is 20.3 Å². The van der Waals surface area contributed by atoms with Crippen molar-refractivity contribution in [2.75, 3.05) is 13.1 Å². The van der Waals surface area contributed by atoms with Gasteiger partial charge in [-0.2, -0.15) is 26.3 Å². The Morgan fingerprint density at radius 2 is 1.41 bits per heavy atom. The summed E-state index contributed by atoms with van der Waals surface area (Å²) >= 11 is 0. The Kier molecular flexibility index (Phi) is 4.69. The van der Waals surface area contributed by atoms with Gasteiger partial charge in [-0.25, -0.2) is 0 Å². The number of halogens is 6. The molecule has 1 heterocycles. The zero-order valence-corrected chi connectivity index (χ0v) is 13.9. The first-order valence-corrected chi connectivity index (χ1v) is 8.14. The molecule has 0 N–H and O–H groups in total. The number of carbonyl (C=O) groups is 1. The number of likely N-dealkylation sites (tertiary alicyclic amines) is 1. The standard InChI is InChI=1S/C19H15F6NO/c20-18(21,22)17(19(23,24)25)10-11-26(12-17)16(27)15-9-5-4-8-14(15)13-6-2-1-3-7-13/h1-9H,10-12H2. The van der Waals surface area contributed by atoms with Crippen molar-refractivity contribution in [2.24, 2.45) is 5.41 Å². The minimum Gasteiger partial charge on any atom is -0.337 e. The van der Waals surface area contributed by atoms with Crippen molar-refractivity contribution in [3.05, 3.63) is 60.2 Å². The minimum atomic E-state index is -5.49.